The molecule has 0 unspecified atom stereocenters. The van der Waals surface area contributed by atoms with Crippen LogP contribution in [0.4, 0.5) is 5.69 Å². The van der Waals surface area contributed by atoms with Crippen molar-refractivity contribution in [1.29, 1.82) is 0 Å². The molecule has 0 aliphatic rings. The minimum atomic E-state index is 0.275. The summed E-state index contributed by atoms with van der Waals surface area (Å²) < 4.78 is 6.21. The fraction of sp³-hybridized carbons (Fsp3) is 0.200. The van der Waals surface area contributed by atoms with Crippen LogP contribution in [0.5, 0.6) is 11.5 Å². The van der Waals surface area contributed by atoms with Crippen LogP contribution >= 0.6 is 15.9 Å². The Bertz CT molecular complexity index is 572. The van der Waals surface area contributed by atoms with Gasteiger partial charge in [0.15, 0.2) is 0 Å². The van der Waals surface area contributed by atoms with E-state index >= 15 is 0 Å². The summed E-state index contributed by atoms with van der Waals surface area (Å²) in [6.07, 6.45) is 0. The second-order valence-electron chi connectivity index (χ2n) is 4.33. The molecular formula is C15H16BrNO2. The summed E-state index contributed by atoms with van der Waals surface area (Å²) in [5.41, 5.74) is 2.10. The van der Waals surface area contributed by atoms with Gasteiger partial charge in [0.2, 0.25) is 0 Å². The number of phenolic OH excluding ortho intramolecular Hbond substituents is 1. The first-order valence-corrected chi connectivity index (χ1v) is 6.72. The minimum Gasteiger partial charge on any atom is -0.508 e. The Morgan fingerprint density at radius 1 is 1.21 bits per heavy atom. The molecule has 0 fully saturated rings. The molecule has 0 radical (unpaired) electrons. The van der Waals surface area contributed by atoms with Crippen molar-refractivity contribution < 1.29 is 9.84 Å². The van der Waals surface area contributed by atoms with Gasteiger partial charge in [-0.1, -0.05) is 22.0 Å². The summed E-state index contributed by atoms with van der Waals surface area (Å²) in [6.45, 7) is 0.697. The van der Waals surface area contributed by atoms with Crippen molar-refractivity contribution in [1.82, 2.24) is 0 Å². The van der Waals surface area contributed by atoms with E-state index in [4.69, 9.17) is 4.74 Å². The lowest BCUT2D eigenvalue weighted by atomic mass is 10.2. The lowest BCUT2D eigenvalue weighted by molar-refractivity contribution is 0.415. The average molecular weight is 322 g/mol. The third kappa shape index (κ3) is 3.41. The van der Waals surface area contributed by atoms with E-state index in [9.17, 15) is 5.11 Å². The number of halogens is 1. The quantitative estimate of drug-likeness (QED) is 0.929. The van der Waals surface area contributed by atoms with Crippen molar-refractivity contribution in [3.05, 3.63) is 52.5 Å². The number of hydrogen-bond donors (Lipinski definition) is 1. The van der Waals surface area contributed by atoms with Gasteiger partial charge < -0.3 is 14.7 Å². The van der Waals surface area contributed by atoms with Gasteiger partial charge in [-0.05, 0) is 35.9 Å². The number of hydrogen-bond acceptors (Lipinski definition) is 3. The maximum Gasteiger partial charge on any atom is 0.120 e. The predicted molar refractivity (Wildman–Crippen MR) is 80.9 cm³/mol. The number of methoxy groups -OCH3 is 1. The zero-order valence-electron chi connectivity index (χ0n) is 10.9. The summed E-state index contributed by atoms with van der Waals surface area (Å²) >= 11 is 3.50. The molecule has 0 amide bonds. The fourth-order valence-electron chi connectivity index (χ4n) is 1.88. The predicted octanol–water partition coefficient (Wildman–Crippen LogP) is 3.80. The molecule has 0 saturated heterocycles. The monoisotopic (exact) mass is 321 g/mol. The van der Waals surface area contributed by atoms with Crippen LogP contribution in [0.1, 0.15) is 5.56 Å². The van der Waals surface area contributed by atoms with Gasteiger partial charge in [0.1, 0.15) is 11.5 Å². The number of rotatable bonds is 4. The fourth-order valence-corrected chi connectivity index (χ4v) is 2.25. The zero-order chi connectivity index (χ0) is 13.8. The molecule has 100 valence electrons. The van der Waals surface area contributed by atoms with Crippen molar-refractivity contribution in [3.63, 3.8) is 0 Å². The highest BCUT2D eigenvalue weighted by molar-refractivity contribution is 9.10. The van der Waals surface area contributed by atoms with Gasteiger partial charge in [-0.15, -0.1) is 0 Å². The summed E-state index contributed by atoms with van der Waals surface area (Å²) in [5.74, 6) is 1.11. The van der Waals surface area contributed by atoms with E-state index in [1.54, 1.807) is 19.2 Å². The smallest absolute Gasteiger partial charge is 0.120 e. The second kappa shape index (κ2) is 5.97. The van der Waals surface area contributed by atoms with Crippen molar-refractivity contribution >= 4 is 21.6 Å². The van der Waals surface area contributed by atoms with Gasteiger partial charge >= 0.3 is 0 Å². The van der Waals surface area contributed by atoms with Gasteiger partial charge in [0.25, 0.3) is 0 Å². The molecule has 0 bridgehead atoms. The zero-order valence-corrected chi connectivity index (χ0v) is 12.5. The van der Waals surface area contributed by atoms with Crippen molar-refractivity contribution in [2.75, 3.05) is 19.1 Å². The average Bonchev–Trinajstić information content (AvgIpc) is 2.43. The van der Waals surface area contributed by atoms with E-state index in [0.29, 0.717) is 6.54 Å². The van der Waals surface area contributed by atoms with E-state index in [0.717, 1.165) is 21.5 Å². The Balaban J connectivity index is 2.20. The Morgan fingerprint density at radius 3 is 2.74 bits per heavy atom. The number of anilines is 1. The highest BCUT2D eigenvalue weighted by Crippen LogP contribution is 2.26. The summed E-state index contributed by atoms with van der Waals surface area (Å²) in [6, 6.07) is 13.2. The standard InChI is InChI=1S/C15H16BrNO2/c1-17(12-4-3-5-14(9-12)19-2)10-11-8-13(18)6-7-15(11)16/h3-9,18H,10H2,1-2H3. The number of aromatic hydroxyl groups is 1. The van der Waals surface area contributed by atoms with Crippen molar-refractivity contribution in [2.24, 2.45) is 0 Å². The first-order chi connectivity index (χ1) is 9.10. The highest BCUT2D eigenvalue weighted by atomic mass is 79.9. The molecule has 0 aliphatic carbocycles. The molecule has 0 saturated carbocycles. The molecule has 3 nitrogen and oxygen atoms in total. The maximum absolute atomic E-state index is 9.54. The van der Waals surface area contributed by atoms with Gasteiger partial charge in [-0.2, -0.15) is 0 Å². The lowest BCUT2D eigenvalue weighted by Gasteiger charge is -2.20. The number of benzene rings is 2. The molecule has 1 N–H and O–H groups in total. The molecule has 0 spiro atoms. The highest BCUT2D eigenvalue weighted by Gasteiger charge is 2.07. The van der Waals surface area contributed by atoms with E-state index in [-0.39, 0.29) is 5.75 Å². The summed E-state index contributed by atoms with van der Waals surface area (Å²) in [5, 5.41) is 9.54. The Morgan fingerprint density at radius 2 is 2.00 bits per heavy atom. The number of phenols is 1. The van der Waals surface area contributed by atoms with Gasteiger partial charge in [0.05, 0.1) is 7.11 Å². The number of nitrogens with zero attached hydrogens (tertiary/aromatic N) is 1. The molecule has 19 heavy (non-hydrogen) atoms. The summed E-state index contributed by atoms with van der Waals surface area (Å²) in [7, 11) is 3.66. The third-order valence-electron chi connectivity index (χ3n) is 2.93. The van der Waals surface area contributed by atoms with Crippen LogP contribution in [0.25, 0.3) is 0 Å². The minimum absolute atomic E-state index is 0.275. The van der Waals surface area contributed by atoms with Gasteiger partial charge in [0, 0.05) is 29.8 Å². The van der Waals surface area contributed by atoms with Crippen LogP contribution in [0.15, 0.2) is 46.9 Å². The lowest BCUT2D eigenvalue weighted by Crippen LogP contribution is -2.16. The summed E-state index contributed by atoms with van der Waals surface area (Å²) in [4.78, 5) is 2.10. The molecule has 2 aromatic carbocycles. The molecule has 4 heteroatoms. The first-order valence-electron chi connectivity index (χ1n) is 5.92. The first kappa shape index (κ1) is 13.7. The largest absolute Gasteiger partial charge is 0.508 e. The molecule has 0 aromatic heterocycles. The molecule has 2 aromatic rings. The van der Waals surface area contributed by atoms with Crippen molar-refractivity contribution in [3.8, 4) is 11.5 Å². The van der Waals surface area contributed by atoms with Gasteiger partial charge in [-0.3, -0.25) is 0 Å². The SMILES string of the molecule is COc1cccc(N(C)Cc2cc(O)ccc2Br)c1. The van der Waals surface area contributed by atoms with E-state index < -0.39 is 0 Å². The van der Waals surface area contributed by atoms with Crippen LogP contribution in [-0.2, 0) is 6.54 Å². The third-order valence-corrected chi connectivity index (χ3v) is 3.70. The molecule has 2 rings (SSSR count). The van der Waals surface area contributed by atoms with Gasteiger partial charge in [-0.25, -0.2) is 0 Å². The van der Waals surface area contributed by atoms with Crippen LogP contribution in [0.2, 0.25) is 0 Å². The maximum atomic E-state index is 9.54. The Hall–Kier alpha value is -1.68. The molecule has 0 atom stereocenters. The van der Waals surface area contributed by atoms with Crippen LogP contribution in [0.3, 0.4) is 0 Å². The van der Waals surface area contributed by atoms with E-state index in [1.807, 2.05) is 37.4 Å². The normalized spacial score (nSPS) is 10.3. The Labute approximate surface area is 121 Å². The van der Waals surface area contributed by atoms with E-state index in [1.165, 1.54) is 0 Å². The second-order valence-corrected chi connectivity index (χ2v) is 5.19. The Kier molecular flexibility index (Phi) is 4.32. The van der Waals surface area contributed by atoms with Crippen LogP contribution < -0.4 is 9.64 Å². The topological polar surface area (TPSA) is 32.7 Å². The van der Waals surface area contributed by atoms with E-state index in [2.05, 4.69) is 20.8 Å². The van der Waals surface area contributed by atoms with Crippen LogP contribution in [0, 0.1) is 0 Å². The number of ether oxygens (including phenoxy) is 1. The van der Waals surface area contributed by atoms with Crippen LogP contribution in [-0.4, -0.2) is 19.3 Å². The molecular weight excluding hydrogens is 306 g/mol. The van der Waals surface area contributed by atoms with Crippen molar-refractivity contribution in [2.45, 2.75) is 6.54 Å². The molecule has 0 heterocycles. The molecule has 0 aliphatic heterocycles.